The van der Waals surface area contributed by atoms with Gasteiger partial charge in [0.05, 0.1) is 37.8 Å². The van der Waals surface area contributed by atoms with Crippen molar-refractivity contribution in [1.29, 1.82) is 0 Å². The summed E-state index contributed by atoms with van der Waals surface area (Å²) >= 11 is 1.78. The van der Waals surface area contributed by atoms with Crippen LogP contribution in [-0.4, -0.2) is 18.7 Å². The first-order valence-corrected chi connectivity index (χ1v) is 27.7. The topological polar surface area (TPSA) is 27.7 Å². The van der Waals surface area contributed by atoms with Crippen LogP contribution in [0.5, 0.6) is 0 Å². The van der Waals surface area contributed by atoms with Crippen LogP contribution in [0.2, 0.25) is 0 Å². The Morgan fingerprint density at radius 1 is 0.367 bits per heavy atom. The fourth-order valence-electron chi connectivity index (χ4n) is 12.1. The lowest BCUT2D eigenvalue weighted by Crippen LogP contribution is -1.96. The third-order valence-corrected chi connectivity index (χ3v) is 17.0. The first kappa shape index (κ1) is 46.2. The molecule has 0 saturated carbocycles. The number of allylic oxidation sites excluding steroid dienone is 2. The van der Waals surface area contributed by atoms with Gasteiger partial charge in [-0.05, 0) is 143 Å². The van der Waals surface area contributed by atoms with E-state index in [1.807, 2.05) is 12.2 Å². The van der Waals surface area contributed by atoms with Gasteiger partial charge >= 0.3 is 0 Å². The molecule has 0 unspecified atom stereocenters. The molecule has 372 valence electrons. The van der Waals surface area contributed by atoms with Crippen molar-refractivity contribution in [2.45, 2.75) is 6.92 Å². The highest BCUT2D eigenvalue weighted by atomic mass is 32.1. The molecule has 0 fully saturated rings. The van der Waals surface area contributed by atoms with Crippen LogP contribution in [0.3, 0.4) is 0 Å². The molecule has 4 nitrogen and oxygen atoms in total. The van der Waals surface area contributed by atoms with Crippen molar-refractivity contribution < 1.29 is 0 Å². The van der Waals surface area contributed by atoms with Gasteiger partial charge in [-0.15, -0.1) is 11.3 Å². The summed E-state index contributed by atoms with van der Waals surface area (Å²) in [6, 6.07) is 92.7. The monoisotopic (exact) mass is 1030 g/mol. The van der Waals surface area contributed by atoms with Gasteiger partial charge in [-0.2, -0.15) is 0 Å². The molecule has 79 heavy (non-hydrogen) atoms. The second-order valence-corrected chi connectivity index (χ2v) is 21.4. The van der Waals surface area contributed by atoms with Gasteiger partial charge in [0.15, 0.2) is 0 Å². The number of para-hydroxylation sites is 5. The maximum atomic E-state index is 5.62. The van der Waals surface area contributed by atoms with Crippen molar-refractivity contribution in [3.63, 3.8) is 0 Å². The molecule has 0 bridgehead atoms. The molecule has 4 aromatic heterocycles. The Balaban J connectivity index is 0.836. The van der Waals surface area contributed by atoms with Gasteiger partial charge < -0.3 is 13.7 Å². The largest absolute Gasteiger partial charge is 0.310 e. The second kappa shape index (κ2) is 18.9. The number of nitrogens with zero attached hydrogens (tertiary/aromatic N) is 4. The number of hydrogen-bond acceptors (Lipinski definition) is 2. The summed E-state index contributed by atoms with van der Waals surface area (Å²) in [5.41, 5.74) is 23.1. The summed E-state index contributed by atoms with van der Waals surface area (Å²) in [4.78, 5) is 5.62. The minimum atomic E-state index is 0.992. The van der Waals surface area contributed by atoms with Crippen LogP contribution >= 0.6 is 11.3 Å². The molecule has 4 heterocycles. The zero-order valence-corrected chi connectivity index (χ0v) is 44.2. The Morgan fingerprint density at radius 3 is 1.32 bits per heavy atom. The number of hydrogen-bond donors (Lipinski definition) is 0. The van der Waals surface area contributed by atoms with E-state index in [0.717, 1.165) is 65.8 Å². The number of aromatic nitrogens is 4. The Morgan fingerprint density at radius 2 is 0.772 bits per heavy atom. The lowest BCUT2D eigenvalue weighted by molar-refractivity contribution is 1.10. The predicted octanol–water partition coefficient (Wildman–Crippen LogP) is 20.3. The van der Waals surface area contributed by atoms with E-state index in [-0.39, 0.29) is 0 Å². The van der Waals surface area contributed by atoms with Crippen LogP contribution in [0.25, 0.3) is 143 Å². The minimum Gasteiger partial charge on any atom is -0.310 e. The van der Waals surface area contributed by atoms with E-state index in [9.17, 15) is 0 Å². The molecule has 15 aromatic rings. The van der Waals surface area contributed by atoms with Gasteiger partial charge in [-0.1, -0.05) is 183 Å². The van der Waals surface area contributed by atoms with E-state index in [1.165, 1.54) is 82.3 Å². The highest BCUT2D eigenvalue weighted by molar-refractivity contribution is 7.22. The number of fused-ring (bicyclic) bond motifs is 8. The minimum absolute atomic E-state index is 0.992. The Bertz CT molecular complexity index is 4880. The number of rotatable bonds is 10. The van der Waals surface area contributed by atoms with Crippen LogP contribution in [0.1, 0.15) is 11.3 Å². The molecule has 0 radical (unpaired) electrons. The van der Waals surface area contributed by atoms with E-state index >= 15 is 0 Å². The van der Waals surface area contributed by atoms with Gasteiger partial charge in [0.1, 0.15) is 5.01 Å². The SMILES string of the molecule is C=C/C=C\c1c(C)c2cc(-c3ccc(-c4ccc(-c5ccc(-c6ccc7c(c6)c6ccccc6n7-c6ccccc6)cc5)c5sc(-c6ccc7c(c6)c6ccccc6n7-c6ccccc6)nc45)cc3)ccc2n1-c1ccccc1. The zero-order valence-electron chi connectivity index (χ0n) is 43.4. The average Bonchev–Trinajstić information content (AvgIpc) is 4.39. The maximum Gasteiger partial charge on any atom is 0.124 e. The molecule has 0 spiro atoms. The predicted molar refractivity (Wildman–Crippen MR) is 336 cm³/mol. The fourth-order valence-corrected chi connectivity index (χ4v) is 13.2. The van der Waals surface area contributed by atoms with Crippen LogP contribution in [0, 0.1) is 6.92 Å². The molecule has 0 aliphatic carbocycles. The fraction of sp³-hybridized carbons (Fsp3) is 0.0135. The van der Waals surface area contributed by atoms with Gasteiger partial charge in [-0.25, -0.2) is 4.98 Å². The molecule has 0 N–H and O–H groups in total. The van der Waals surface area contributed by atoms with E-state index in [1.54, 1.807) is 11.3 Å². The Labute approximate surface area is 462 Å². The van der Waals surface area contributed by atoms with Crippen molar-refractivity contribution in [2.24, 2.45) is 0 Å². The van der Waals surface area contributed by atoms with Gasteiger partial charge in [0, 0.05) is 66.4 Å². The Hall–Kier alpha value is -10.1. The van der Waals surface area contributed by atoms with Crippen LogP contribution in [-0.2, 0) is 0 Å². The van der Waals surface area contributed by atoms with E-state index in [2.05, 4.69) is 288 Å². The maximum absolute atomic E-state index is 5.62. The first-order valence-electron chi connectivity index (χ1n) is 26.9. The van der Waals surface area contributed by atoms with Crippen molar-refractivity contribution >= 4 is 82.1 Å². The van der Waals surface area contributed by atoms with Crippen LogP contribution in [0.4, 0.5) is 0 Å². The molecular weight excluding hydrogens is 977 g/mol. The summed E-state index contributed by atoms with van der Waals surface area (Å²) in [5, 5.41) is 7.14. The van der Waals surface area contributed by atoms with Crippen molar-refractivity contribution in [3.8, 4) is 72.1 Å². The molecule has 0 amide bonds. The highest BCUT2D eigenvalue weighted by Crippen LogP contribution is 2.45. The van der Waals surface area contributed by atoms with Crippen molar-refractivity contribution in [3.05, 3.63) is 285 Å². The number of benzene rings is 11. The zero-order chi connectivity index (χ0) is 52.6. The number of thiazole rings is 1. The summed E-state index contributed by atoms with van der Waals surface area (Å²) in [7, 11) is 0. The molecule has 15 rings (SSSR count). The quantitative estimate of drug-likeness (QED) is 0.125. The van der Waals surface area contributed by atoms with Crippen molar-refractivity contribution in [1.82, 2.24) is 18.7 Å². The van der Waals surface area contributed by atoms with Gasteiger partial charge in [-0.3, -0.25) is 0 Å². The first-order chi connectivity index (χ1) is 39.1. The summed E-state index contributed by atoms with van der Waals surface area (Å²) < 4.78 is 8.25. The summed E-state index contributed by atoms with van der Waals surface area (Å²) in [6.45, 7) is 6.17. The molecular formula is C74H50N4S. The summed E-state index contributed by atoms with van der Waals surface area (Å²) in [6.07, 6.45) is 6.01. The molecule has 0 atom stereocenters. The normalized spacial score (nSPS) is 11.9. The number of aryl methyl sites for hydroxylation is 1. The van der Waals surface area contributed by atoms with Gasteiger partial charge in [0.2, 0.25) is 0 Å². The lowest BCUT2D eigenvalue weighted by Gasteiger charge is -2.11. The average molecular weight is 1030 g/mol. The third kappa shape index (κ3) is 7.69. The Kier molecular flexibility index (Phi) is 11.1. The highest BCUT2D eigenvalue weighted by Gasteiger charge is 2.21. The van der Waals surface area contributed by atoms with Crippen LogP contribution < -0.4 is 0 Å². The smallest absolute Gasteiger partial charge is 0.124 e. The molecule has 0 aliphatic heterocycles. The van der Waals surface area contributed by atoms with Gasteiger partial charge in [0.25, 0.3) is 0 Å². The molecule has 11 aromatic carbocycles. The third-order valence-electron chi connectivity index (χ3n) is 15.9. The molecule has 0 aliphatic rings. The standard InChI is InChI=1S/C74H50N4S/c1-3-4-26-66-48(2)63-45-53(37-42-69(63)76(66)56-18-8-5-9-19-56)49-29-33-51(34-30-49)59-40-41-60(52-35-31-50(32-36-52)54-38-43-70-64(46-54)61-24-14-16-27-67(61)77(70)57-20-10-6-11-21-57)73-72(59)75-74(79-73)55-39-44-71-65(47-55)62-25-15-17-28-68(62)78(71)58-22-12-7-13-23-58/h3-47H,1H2,2H3/b26-4-. The summed E-state index contributed by atoms with van der Waals surface area (Å²) in [5.74, 6) is 0. The van der Waals surface area contributed by atoms with Crippen molar-refractivity contribution in [2.75, 3.05) is 0 Å². The van der Waals surface area contributed by atoms with E-state index in [0.29, 0.717) is 0 Å². The van der Waals surface area contributed by atoms with Crippen LogP contribution in [0.15, 0.2) is 274 Å². The second-order valence-electron chi connectivity index (χ2n) is 20.4. The molecule has 0 saturated heterocycles. The lowest BCUT2D eigenvalue weighted by atomic mass is 9.95. The van der Waals surface area contributed by atoms with E-state index in [4.69, 9.17) is 4.98 Å². The molecule has 5 heteroatoms. The van der Waals surface area contributed by atoms with E-state index < -0.39 is 0 Å².